The standard InChI is InChI=1S/C16H27N/c1-6-16(4,12-17-5)11-14-7-9-15(10-8-14)13(2)3/h7-10,13,17H,6,11-12H2,1-5H3. The maximum Gasteiger partial charge on any atom is 0.000524 e. The first-order valence-electron chi connectivity index (χ1n) is 6.74. The molecule has 1 atom stereocenters. The zero-order chi connectivity index (χ0) is 12.9. The lowest BCUT2D eigenvalue weighted by Gasteiger charge is -2.28. The second kappa shape index (κ2) is 6.20. The molecule has 1 N–H and O–H groups in total. The van der Waals surface area contributed by atoms with E-state index in [1.807, 2.05) is 7.05 Å². The molecule has 17 heavy (non-hydrogen) atoms. The average Bonchev–Trinajstić information content (AvgIpc) is 2.30. The highest BCUT2D eigenvalue weighted by Gasteiger charge is 2.21. The van der Waals surface area contributed by atoms with Gasteiger partial charge in [0.1, 0.15) is 0 Å². The lowest BCUT2D eigenvalue weighted by Crippen LogP contribution is -2.31. The van der Waals surface area contributed by atoms with Gasteiger partial charge >= 0.3 is 0 Å². The van der Waals surface area contributed by atoms with Crippen molar-refractivity contribution in [2.24, 2.45) is 5.41 Å². The molecule has 0 saturated heterocycles. The summed E-state index contributed by atoms with van der Waals surface area (Å²) < 4.78 is 0. The van der Waals surface area contributed by atoms with Crippen LogP contribution in [0.3, 0.4) is 0 Å². The van der Waals surface area contributed by atoms with E-state index in [0.717, 1.165) is 13.0 Å². The van der Waals surface area contributed by atoms with Crippen molar-refractivity contribution in [2.75, 3.05) is 13.6 Å². The normalized spacial score (nSPS) is 14.9. The number of benzene rings is 1. The minimum Gasteiger partial charge on any atom is -0.319 e. The summed E-state index contributed by atoms with van der Waals surface area (Å²) in [6, 6.07) is 9.13. The molecule has 0 spiro atoms. The molecule has 0 aliphatic heterocycles. The lowest BCUT2D eigenvalue weighted by molar-refractivity contribution is 0.299. The Balaban J connectivity index is 2.73. The van der Waals surface area contributed by atoms with Crippen molar-refractivity contribution in [1.29, 1.82) is 0 Å². The van der Waals surface area contributed by atoms with Crippen molar-refractivity contribution in [3.8, 4) is 0 Å². The van der Waals surface area contributed by atoms with Gasteiger partial charge in [-0.2, -0.15) is 0 Å². The molecule has 0 amide bonds. The summed E-state index contributed by atoms with van der Waals surface area (Å²) in [6.07, 6.45) is 2.36. The maximum atomic E-state index is 3.31. The van der Waals surface area contributed by atoms with Crippen molar-refractivity contribution in [1.82, 2.24) is 5.32 Å². The van der Waals surface area contributed by atoms with Gasteiger partial charge in [-0.05, 0) is 42.3 Å². The molecular formula is C16H27N. The fourth-order valence-corrected chi connectivity index (χ4v) is 2.25. The third-order valence-corrected chi connectivity index (χ3v) is 3.73. The molecule has 0 fully saturated rings. The van der Waals surface area contributed by atoms with Crippen LogP contribution in [0.4, 0.5) is 0 Å². The Morgan fingerprint density at radius 1 is 1.18 bits per heavy atom. The van der Waals surface area contributed by atoms with E-state index in [0.29, 0.717) is 11.3 Å². The molecule has 1 aromatic rings. The van der Waals surface area contributed by atoms with E-state index < -0.39 is 0 Å². The SMILES string of the molecule is CCC(C)(CNC)Cc1ccc(C(C)C)cc1. The van der Waals surface area contributed by atoms with Crippen LogP contribution >= 0.6 is 0 Å². The first-order chi connectivity index (χ1) is 8.00. The molecule has 1 heteroatoms. The van der Waals surface area contributed by atoms with Gasteiger partial charge in [0.2, 0.25) is 0 Å². The van der Waals surface area contributed by atoms with E-state index in [1.54, 1.807) is 0 Å². The fraction of sp³-hybridized carbons (Fsp3) is 0.625. The van der Waals surface area contributed by atoms with E-state index in [1.165, 1.54) is 17.5 Å². The van der Waals surface area contributed by atoms with Crippen molar-refractivity contribution >= 4 is 0 Å². The predicted molar refractivity (Wildman–Crippen MR) is 76.6 cm³/mol. The van der Waals surface area contributed by atoms with Gasteiger partial charge in [-0.25, -0.2) is 0 Å². The van der Waals surface area contributed by atoms with Crippen LogP contribution in [0.25, 0.3) is 0 Å². The molecule has 1 nitrogen and oxygen atoms in total. The summed E-state index contributed by atoms with van der Waals surface area (Å²) in [5, 5.41) is 3.31. The monoisotopic (exact) mass is 233 g/mol. The maximum absolute atomic E-state index is 3.31. The Bertz CT molecular complexity index is 326. The highest BCUT2D eigenvalue weighted by atomic mass is 14.8. The summed E-state index contributed by atoms with van der Waals surface area (Å²) in [6.45, 7) is 10.2. The first kappa shape index (κ1) is 14.2. The quantitative estimate of drug-likeness (QED) is 0.783. The molecule has 0 bridgehead atoms. The van der Waals surface area contributed by atoms with E-state index in [9.17, 15) is 0 Å². The molecule has 1 rings (SSSR count). The van der Waals surface area contributed by atoms with E-state index in [2.05, 4.69) is 57.3 Å². The zero-order valence-corrected chi connectivity index (χ0v) is 12.0. The number of rotatable bonds is 6. The molecule has 0 aliphatic carbocycles. The van der Waals surface area contributed by atoms with E-state index in [4.69, 9.17) is 0 Å². The van der Waals surface area contributed by atoms with Crippen LogP contribution in [0.1, 0.15) is 51.2 Å². The molecule has 96 valence electrons. The third-order valence-electron chi connectivity index (χ3n) is 3.73. The van der Waals surface area contributed by atoms with Gasteiger partial charge in [0, 0.05) is 6.54 Å². The summed E-state index contributed by atoms with van der Waals surface area (Å²) >= 11 is 0. The van der Waals surface area contributed by atoms with Crippen LogP contribution in [0.5, 0.6) is 0 Å². The Kier molecular flexibility index (Phi) is 5.20. The summed E-state index contributed by atoms with van der Waals surface area (Å²) in [5.74, 6) is 0.624. The van der Waals surface area contributed by atoms with Crippen molar-refractivity contribution in [2.45, 2.75) is 46.5 Å². The first-order valence-corrected chi connectivity index (χ1v) is 6.74. The molecule has 0 aliphatic rings. The minimum atomic E-state index is 0.369. The van der Waals surface area contributed by atoms with Crippen LogP contribution in [0.15, 0.2) is 24.3 Å². The summed E-state index contributed by atoms with van der Waals surface area (Å²) in [5.41, 5.74) is 3.25. The van der Waals surface area contributed by atoms with Gasteiger partial charge in [0.15, 0.2) is 0 Å². The number of nitrogens with one attached hydrogen (secondary N) is 1. The van der Waals surface area contributed by atoms with Gasteiger partial charge in [0.25, 0.3) is 0 Å². The largest absolute Gasteiger partial charge is 0.319 e. The molecule has 0 radical (unpaired) electrons. The summed E-state index contributed by atoms with van der Waals surface area (Å²) in [4.78, 5) is 0. The van der Waals surface area contributed by atoms with Crippen molar-refractivity contribution in [3.05, 3.63) is 35.4 Å². The van der Waals surface area contributed by atoms with Crippen molar-refractivity contribution in [3.63, 3.8) is 0 Å². The van der Waals surface area contributed by atoms with E-state index >= 15 is 0 Å². The zero-order valence-electron chi connectivity index (χ0n) is 12.0. The van der Waals surface area contributed by atoms with Crippen LogP contribution in [-0.2, 0) is 6.42 Å². The Labute approximate surface area is 107 Å². The minimum absolute atomic E-state index is 0.369. The van der Waals surface area contributed by atoms with Gasteiger partial charge in [-0.3, -0.25) is 0 Å². The average molecular weight is 233 g/mol. The Hall–Kier alpha value is -0.820. The van der Waals surface area contributed by atoms with Crippen LogP contribution in [0, 0.1) is 5.41 Å². The molecule has 1 aromatic carbocycles. The molecule has 0 saturated carbocycles. The van der Waals surface area contributed by atoms with E-state index in [-0.39, 0.29) is 0 Å². The van der Waals surface area contributed by atoms with Gasteiger partial charge in [0.05, 0.1) is 0 Å². The highest BCUT2D eigenvalue weighted by molar-refractivity contribution is 5.25. The Morgan fingerprint density at radius 3 is 2.18 bits per heavy atom. The fourth-order valence-electron chi connectivity index (χ4n) is 2.25. The summed E-state index contributed by atoms with van der Waals surface area (Å²) in [7, 11) is 2.04. The lowest BCUT2D eigenvalue weighted by atomic mass is 9.81. The molecule has 0 aromatic heterocycles. The van der Waals surface area contributed by atoms with Gasteiger partial charge in [-0.15, -0.1) is 0 Å². The third kappa shape index (κ3) is 4.16. The molecule has 0 heterocycles. The number of hydrogen-bond donors (Lipinski definition) is 1. The molecule has 1 unspecified atom stereocenters. The number of hydrogen-bond acceptors (Lipinski definition) is 1. The topological polar surface area (TPSA) is 12.0 Å². The second-order valence-electron chi connectivity index (χ2n) is 5.77. The van der Waals surface area contributed by atoms with Gasteiger partial charge < -0.3 is 5.32 Å². The molecular weight excluding hydrogens is 206 g/mol. The van der Waals surface area contributed by atoms with Gasteiger partial charge in [-0.1, -0.05) is 52.0 Å². The van der Waals surface area contributed by atoms with Crippen LogP contribution < -0.4 is 5.32 Å². The second-order valence-corrected chi connectivity index (χ2v) is 5.77. The predicted octanol–water partition coefficient (Wildman–Crippen LogP) is 3.99. The van der Waals surface area contributed by atoms with Crippen LogP contribution in [0.2, 0.25) is 0 Å². The van der Waals surface area contributed by atoms with Crippen LogP contribution in [-0.4, -0.2) is 13.6 Å². The Morgan fingerprint density at radius 2 is 1.76 bits per heavy atom. The smallest absolute Gasteiger partial charge is 0.000524 e. The van der Waals surface area contributed by atoms with Crippen molar-refractivity contribution < 1.29 is 0 Å². The highest BCUT2D eigenvalue weighted by Crippen LogP contribution is 2.26.